The number of hydrogen-bond acceptors (Lipinski definition) is 1. The van der Waals surface area contributed by atoms with Crippen molar-refractivity contribution in [1.82, 2.24) is 5.32 Å². The van der Waals surface area contributed by atoms with Gasteiger partial charge in [-0.25, -0.2) is 0 Å². The number of terminal acetylenes is 1. The first kappa shape index (κ1) is 7.89. The normalized spacial score (nSPS) is 46.2. The van der Waals surface area contributed by atoms with E-state index in [1.165, 1.54) is 6.42 Å². The van der Waals surface area contributed by atoms with Crippen LogP contribution in [0.3, 0.4) is 0 Å². The van der Waals surface area contributed by atoms with Gasteiger partial charge in [-0.1, -0.05) is 24.5 Å². The molecule has 0 spiro atoms. The maximum absolute atomic E-state index is 5.52. The molecule has 1 nitrogen and oxygen atoms in total. The second kappa shape index (κ2) is 2.37. The predicted molar refractivity (Wildman–Crippen MR) is 50.6 cm³/mol. The summed E-state index contributed by atoms with van der Waals surface area (Å²) in [7, 11) is 1.97. The quantitative estimate of drug-likeness (QED) is 0.479. The molecule has 64 valence electrons. The molecule has 12 heavy (non-hydrogen) atoms. The Morgan fingerprint density at radius 3 is 3.00 bits per heavy atom. The maximum atomic E-state index is 5.52. The van der Waals surface area contributed by atoms with Gasteiger partial charge in [0.15, 0.2) is 0 Å². The van der Waals surface area contributed by atoms with E-state index >= 15 is 0 Å². The van der Waals surface area contributed by atoms with Crippen LogP contribution in [0.5, 0.6) is 0 Å². The minimum atomic E-state index is 0.0427. The van der Waals surface area contributed by atoms with Gasteiger partial charge in [-0.2, -0.15) is 0 Å². The van der Waals surface area contributed by atoms with Gasteiger partial charge in [0.2, 0.25) is 0 Å². The predicted octanol–water partition coefficient (Wildman–Crippen LogP) is 1.56. The van der Waals surface area contributed by atoms with Crippen LogP contribution in [0, 0.1) is 24.2 Å². The molecule has 0 aromatic heterocycles. The second-order valence-corrected chi connectivity index (χ2v) is 3.74. The van der Waals surface area contributed by atoms with Gasteiger partial charge < -0.3 is 5.32 Å². The molecule has 3 unspecified atom stereocenters. The van der Waals surface area contributed by atoms with Gasteiger partial charge >= 0.3 is 0 Å². The van der Waals surface area contributed by atoms with Crippen LogP contribution in [0.1, 0.15) is 19.8 Å². The van der Waals surface area contributed by atoms with Crippen molar-refractivity contribution in [2.24, 2.45) is 11.8 Å². The third kappa shape index (κ3) is 0.690. The number of hydrogen-bond donors (Lipinski definition) is 1. The van der Waals surface area contributed by atoms with Gasteiger partial charge in [0.1, 0.15) is 0 Å². The highest BCUT2D eigenvalue weighted by atomic mass is 15.1. The summed E-state index contributed by atoms with van der Waals surface area (Å²) in [5.74, 6) is 4.32. The monoisotopic (exact) mass is 161 g/mol. The summed E-state index contributed by atoms with van der Waals surface area (Å²) in [5, 5.41) is 3.28. The Hall–Kier alpha value is -0.740. The van der Waals surface area contributed by atoms with Crippen molar-refractivity contribution in [3.05, 3.63) is 11.6 Å². The molecule has 2 aliphatic rings. The Balaban J connectivity index is 2.13. The van der Waals surface area contributed by atoms with Gasteiger partial charge in [-0.15, -0.1) is 6.42 Å². The Bertz CT molecular complexity index is 271. The van der Waals surface area contributed by atoms with Gasteiger partial charge in [0, 0.05) is 11.8 Å². The molecule has 0 saturated heterocycles. The first-order chi connectivity index (χ1) is 5.80. The fourth-order valence-corrected chi connectivity index (χ4v) is 2.59. The minimum absolute atomic E-state index is 0.0427. The summed E-state index contributed by atoms with van der Waals surface area (Å²) < 4.78 is 0. The minimum Gasteiger partial charge on any atom is -0.303 e. The van der Waals surface area contributed by atoms with Gasteiger partial charge in [-0.3, -0.25) is 0 Å². The van der Waals surface area contributed by atoms with Crippen molar-refractivity contribution in [3.63, 3.8) is 0 Å². The summed E-state index contributed by atoms with van der Waals surface area (Å²) >= 11 is 0. The fourth-order valence-electron chi connectivity index (χ4n) is 2.59. The van der Waals surface area contributed by atoms with E-state index in [0.29, 0.717) is 5.92 Å². The molecule has 2 saturated carbocycles. The third-order valence-corrected chi connectivity index (χ3v) is 3.34. The first-order valence-electron chi connectivity index (χ1n) is 4.65. The molecule has 2 aliphatic carbocycles. The number of nitrogens with one attached hydrogen (secondary N) is 1. The van der Waals surface area contributed by atoms with E-state index < -0.39 is 0 Å². The van der Waals surface area contributed by atoms with Crippen molar-refractivity contribution in [1.29, 1.82) is 0 Å². The van der Waals surface area contributed by atoms with E-state index in [1.54, 1.807) is 5.57 Å². The van der Waals surface area contributed by atoms with Crippen molar-refractivity contribution in [2.75, 3.05) is 7.05 Å². The van der Waals surface area contributed by atoms with Crippen molar-refractivity contribution < 1.29 is 0 Å². The Labute approximate surface area is 74.2 Å². The molecule has 2 fully saturated rings. The van der Waals surface area contributed by atoms with E-state index in [4.69, 9.17) is 6.42 Å². The Morgan fingerprint density at radius 1 is 1.83 bits per heavy atom. The molecule has 0 bridgehead atoms. The third-order valence-electron chi connectivity index (χ3n) is 3.34. The lowest BCUT2D eigenvalue weighted by Gasteiger charge is -2.12. The van der Waals surface area contributed by atoms with Crippen molar-refractivity contribution in [2.45, 2.75) is 25.3 Å². The van der Waals surface area contributed by atoms with Crippen LogP contribution < -0.4 is 5.32 Å². The molecular formula is C11H15N. The van der Waals surface area contributed by atoms with Crippen molar-refractivity contribution in [3.8, 4) is 12.3 Å². The van der Waals surface area contributed by atoms with E-state index in [0.717, 1.165) is 12.3 Å². The molecule has 0 heterocycles. The molecule has 0 aromatic rings. The van der Waals surface area contributed by atoms with Crippen LogP contribution in [-0.4, -0.2) is 12.6 Å². The van der Waals surface area contributed by atoms with Gasteiger partial charge in [0.05, 0.1) is 5.54 Å². The highest BCUT2D eigenvalue weighted by Crippen LogP contribution is 2.66. The molecule has 3 atom stereocenters. The van der Waals surface area contributed by atoms with Crippen LogP contribution in [-0.2, 0) is 0 Å². The molecule has 2 rings (SSSR count). The van der Waals surface area contributed by atoms with E-state index in [9.17, 15) is 0 Å². The summed E-state index contributed by atoms with van der Waals surface area (Å²) in [5.41, 5.74) is 1.62. The lowest BCUT2D eigenvalue weighted by Crippen LogP contribution is -2.27. The van der Waals surface area contributed by atoms with Gasteiger partial charge in [-0.05, 0) is 19.9 Å². The van der Waals surface area contributed by atoms with Crippen LogP contribution in [0.4, 0.5) is 0 Å². The smallest absolute Gasteiger partial charge is 0.0903 e. The topological polar surface area (TPSA) is 12.0 Å². The Morgan fingerprint density at radius 2 is 2.58 bits per heavy atom. The highest BCUT2D eigenvalue weighted by molar-refractivity contribution is 5.48. The highest BCUT2D eigenvalue weighted by Gasteiger charge is 2.70. The lowest BCUT2D eigenvalue weighted by atomic mass is 9.92. The number of fused-ring (bicyclic) bond motifs is 1. The molecule has 0 radical (unpaired) electrons. The molecule has 1 heteroatoms. The molecule has 0 amide bonds. The van der Waals surface area contributed by atoms with E-state index in [2.05, 4.69) is 24.2 Å². The summed E-state index contributed by atoms with van der Waals surface area (Å²) in [6.45, 7) is 2.18. The number of rotatable bonds is 2. The van der Waals surface area contributed by atoms with Crippen LogP contribution in [0.25, 0.3) is 0 Å². The average Bonchev–Trinajstić information content (AvgIpc) is 2.62. The zero-order chi connectivity index (χ0) is 8.77. The van der Waals surface area contributed by atoms with Crippen LogP contribution in [0.2, 0.25) is 0 Å². The fraction of sp³-hybridized carbons (Fsp3) is 0.636. The zero-order valence-electron chi connectivity index (χ0n) is 7.72. The Kier molecular flexibility index (Phi) is 1.56. The first-order valence-corrected chi connectivity index (χ1v) is 4.65. The van der Waals surface area contributed by atoms with Gasteiger partial charge in [0.25, 0.3) is 0 Å². The zero-order valence-corrected chi connectivity index (χ0v) is 7.72. The lowest BCUT2D eigenvalue weighted by molar-refractivity contribution is 0.603. The summed E-state index contributed by atoms with van der Waals surface area (Å²) in [4.78, 5) is 0. The maximum Gasteiger partial charge on any atom is 0.0903 e. The van der Waals surface area contributed by atoms with Crippen molar-refractivity contribution >= 4 is 0 Å². The van der Waals surface area contributed by atoms with E-state index in [1.807, 2.05) is 7.05 Å². The summed E-state index contributed by atoms with van der Waals surface area (Å²) in [6.07, 6.45) is 10.2. The van der Waals surface area contributed by atoms with Crippen LogP contribution >= 0.6 is 0 Å². The standard InChI is InChI=1S/C11H15N/c1-4-6-8-7-9-10(8)11(9,5-2)12-3/h2,6,9-10,12H,4,7H2,1,3H3. The molecule has 0 aromatic carbocycles. The van der Waals surface area contributed by atoms with Crippen LogP contribution in [0.15, 0.2) is 11.6 Å². The second-order valence-electron chi connectivity index (χ2n) is 3.74. The van der Waals surface area contributed by atoms with E-state index in [-0.39, 0.29) is 5.54 Å². The molecule has 1 N–H and O–H groups in total. The molecular weight excluding hydrogens is 146 g/mol. The number of allylic oxidation sites excluding steroid dienone is 1. The summed E-state index contributed by atoms with van der Waals surface area (Å²) in [6, 6.07) is 0. The average molecular weight is 161 g/mol. The largest absolute Gasteiger partial charge is 0.303 e. The SMILES string of the molecule is C#CC1(NC)C2CC(=CCC)C21. The molecule has 0 aliphatic heterocycles.